The average molecular weight is 224 g/mol. The van der Waals surface area contributed by atoms with Gasteiger partial charge in [-0.05, 0) is 19.1 Å². The van der Waals surface area contributed by atoms with E-state index in [4.69, 9.17) is 4.74 Å². The number of aliphatic hydroxyl groups excluding tert-OH is 1. The van der Waals surface area contributed by atoms with Crippen LogP contribution in [0, 0.1) is 0 Å². The second kappa shape index (κ2) is 5.32. The van der Waals surface area contributed by atoms with Gasteiger partial charge >= 0.3 is 0 Å². The molecule has 3 heteroatoms. The van der Waals surface area contributed by atoms with Crippen molar-refractivity contribution in [3.8, 4) is 5.75 Å². The maximum atomic E-state index is 9.43. The van der Waals surface area contributed by atoms with Gasteiger partial charge in [0.05, 0.1) is 21.2 Å². The van der Waals surface area contributed by atoms with Gasteiger partial charge in [0, 0.05) is 5.56 Å². The van der Waals surface area contributed by atoms with E-state index in [1.165, 1.54) is 5.56 Å². The smallest absolute Gasteiger partial charge is 0.119 e. The first-order chi connectivity index (χ1) is 7.43. The van der Waals surface area contributed by atoms with Crippen LogP contribution >= 0.6 is 0 Å². The number of methoxy groups -OCH3 is 1. The van der Waals surface area contributed by atoms with Crippen molar-refractivity contribution < 1.29 is 14.3 Å². The normalized spacial score (nSPS) is 13.6. The minimum Gasteiger partial charge on any atom is -0.497 e. The second-order valence-electron chi connectivity index (χ2n) is 4.98. The van der Waals surface area contributed by atoms with E-state index in [0.717, 1.165) is 23.3 Å². The quantitative estimate of drug-likeness (QED) is 0.771. The molecular weight excluding hydrogens is 202 g/mol. The third-order valence-electron chi connectivity index (χ3n) is 2.50. The summed E-state index contributed by atoms with van der Waals surface area (Å²) in [6, 6.07) is 8.07. The van der Waals surface area contributed by atoms with Gasteiger partial charge < -0.3 is 14.3 Å². The molecule has 1 atom stereocenters. The van der Waals surface area contributed by atoms with Crippen LogP contribution in [0.5, 0.6) is 5.75 Å². The van der Waals surface area contributed by atoms with Crippen molar-refractivity contribution in [1.29, 1.82) is 0 Å². The highest BCUT2D eigenvalue weighted by Gasteiger charge is 2.18. The molecule has 0 fully saturated rings. The summed E-state index contributed by atoms with van der Waals surface area (Å²) in [5.74, 6) is 0.884. The van der Waals surface area contributed by atoms with Crippen LogP contribution in [-0.4, -0.2) is 43.4 Å². The summed E-state index contributed by atoms with van der Waals surface area (Å²) in [5.41, 5.74) is 1.23. The van der Waals surface area contributed by atoms with Crippen LogP contribution in [-0.2, 0) is 6.54 Å². The van der Waals surface area contributed by atoms with Crippen LogP contribution in [0.15, 0.2) is 24.3 Å². The zero-order valence-corrected chi connectivity index (χ0v) is 10.6. The molecule has 0 radical (unpaired) electrons. The highest BCUT2D eigenvalue weighted by atomic mass is 16.5. The molecule has 1 N–H and O–H groups in total. The fraction of sp³-hybridized carbons (Fsp3) is 0.538. The third kappa shape index (κ3) is 4.21. The van der Waals surface area contributed by atoms with Crippen LogP contribution < -0.4 is 4.74 Å². The summed E-state index contributed by atoms with van der Waals surface area (Å²) in [5, 5.41) is 9.43. The molecule has 0 heterocycles. The molecule has 1 rings (SSSR count). The molecule has 0 spiro atoms. The minimum absolute atomic E-state index is 0.277. The van der Waals surface area contributed by atoms with Crippen molar-refractivity contribution in [3.05, 3.63) is 29.8 Å². The van der Waals surface area contributed by atoms with Gasteiger partial charge in [-0.15, -0.1) is 0 Å². The molecule has 0 aromatic heterocycles. The van der Waals surface area contributed by atoms with E-state index in [9.17, 15) is 5.11 Å². The number of nitrogens with zero attached hydrogens (tertiary/aromatic N) is 1. The number of quaternary nitrogens is 1. The molecule has 1 aromatic rings. The molecule has 1 unspecified atom stereocenters. The lowest BCUT2D eigenvalue weighted by Crippen LogP contribution is -2.43. The maximum Gasteiger partial charge on any atom is 0.119 e. The molecule has 1 aromatic carbocycles. The second-order valence-corrected chi connectivity index (χ2v) is 4.98. The molecule has 90 valence electrons. The van der Waals surface area contributed by atoms with E-state index in [1.807, 2.05) is 25.1 Å². The number of rotatable bonds is 5. The first-order valence-corrected chi connectivity index (χ1v) is 5.56. The van der Waals surface area contributed by atoms with Gasteiger partial charge in [-0.1, -0.05) is 12.1 Å². The standard InChI is InChI=1S/C13H22NO2/c1-11(15)9-14(2,3)10-12-6-5-7-13(8-12)16-4/h5-8,11,15H,9-10H2,1-4H3/q+1. The Labute approximate surface area is 97.9 Å². The van der Waals surface area contributed by atoms with Crippen molar-refractivity contribution in [1.82, 2.24) is 0 Å². The van der Waals surface area contributed by atoms with E-state index >= 15 is 0 Å². The lowest BCUT2D eigenvalue weighted by atomic mass is 10.2. The first kappa shape index (κ1) is 13.0. The van der Waals surface area contributed by atoms with Crippen molar-refractivity contribution in [2.45, 2.75) is 19.6 Å². The molecule has 16 heavy (non-hydrogen) atoms. The Morgan fingerprint density at radius 3 is 2.62 bits per heavy atom. The predicted octanol–water partition coefficient (Wildman–Crippen LogP) is 1.65. The molecule has 3 nitrogen and oxygen atoms in total. The van der Waals surface area contributed by atoms with Gasteiger partial charge in [-0.2, -0.15) is 0 Å². The Kier molecular flexibility index (Phi) is 4.33. The van der Waals surface area contributed by atoms with E-state index < -0.39 is 0 Å². The van der Waals surface area contributed by atoms with E-state index in [2.05, 4.69) is 20.2 Å². The van der Waals surface area contributed by atoms with E-state index in [0.29, 0.717) is 0 Å². The number of benzene rings is 1. The van der Waals surface area contributed by atoms with Crippen LogP contribution in [0.4, 0.5) is 0 Å². The summed E-state index contributed by atoms with van der Waals surface area (Å²) in [6.07, 6.45) is -0.277. The Bertz CT molecular complexity index is 334. The van der Waals surface area contributed by atoms with Crippen LogP contribution in [0.25, 0.3) is 0 Å². The number of likely N-dealkylation sites (N-methyl/N-ethyl adjacent to an activating group) is 1. The molecule has 0 saturated carbocycles. The van der Waals surface area contributed by atoms with Crippen molar-refractivity contribution >= 4 is 0 Å². The number of aliphatic hydroxyl groups is 1. The fourth-order valence-corrected chi connectivity index (χ4v) is 2.04. The summed E-state index contributed by atoms with van der Waals surface area (Å²) >= 11 is 0. The Morgan fingerprint density at radius 2 is 2.06 bits per heavy atom. The van der Waals surface area contributed by atoms with Gasteiger partial charge in [0.15, 0.2) is 0 Å². The van der Waals surface area contributed by atoms with Gasteiger partial charge in [0.1, 0.15) is 24.9 Å². The number of ether oxygens (including phenoxy) is 1. The first-order valence-electron chi connectivity index (χ1n) is 5.56. The van der Waals surface area contributed by atoms with Crippen LogP contribution in [0.2, 0.25) is 0 Å². The highest BCUT2D eigenvalue weighted by Crippen LogP contribution is 2.16. The van der Waals surface area contributed by atoms with E-state index in [-0.39, 0.29) is 6.10 Å². The van der Waals surface area contributed by atoms with Crippen molar-refractivity contribution in [2.24, 2.45) is 0 Å². The molecule has 0 saturated heterocycles. The van der Waals surface area contributed by atoms with Crippen molar-refractivity contribution in [3.63, 3.8) is 0 Å². The largest absolute Gasteiger partial charge is 0.497 e. The minimum atomic E-state index is -0.277. The molecule has 0 aliphatic heterocycles. The lowest BCUT2D eigenvalue weighted by Gasteiger charge is -2.31. The van der Waals surface area contributed by atoms with Crippen molar-refractivity contribution in [2.75, 3.05) is 27.7 Å². The average Bonchev–Trinajstić information content (AvgIpc) is 2.15. The van der Waals surface area contributed by atoms with Gasteiger partial charge in [-0.3, -0.25) is 0 Å². The predicted molar refractivity (Wildman–Crippen MR) is 65.4 cm³/mol. The Morgan fingerprint density at radius 1 is 1.38 bits per heavy atom. The molecule has 0 aliphatic rings. The SMILES string of the molecule is COc1cccc(C[N+](C)(C)CC(C)O)c1. The molecule has 0 bridgehead atoms. The Balaban J connectivity index is 2.71. The maximum absolute atomic E-state index is 9.43. The summed E-state index contributed by atoms with van der Waals surface area (Å²) in [7, 11) is 5.91. The molecular formula is C13H22NO2+. The van der Waals surface area contributed by atoms with Crippen LogP contribution in [0.3, 0.4) is 0 Å². The van der Waals surface area contributed by atoms with Gasteiger partial charge in [-0.25, -0.2) is 0 Å². The number of hydrogen-bond donors (Lipinski definition) is 1. The number of hydrogen-bond acceptors (Lipinski definition) is 2. The zero-order valence-electron chi connectivity index (χ0n) is 10.6. The summed E-state index contributed by atoms with van der Waals surface area (Å²) in [6.45, 7) is 3.46. The van der Waals surface area contributed by atoms with Gasteiger partial charge in [0.25, 0.3) is 0 Å². The molecule has 0 aliphatic carbocycles. The topological polar surface area (TPSA) is 29.5 Å². The van der Waals surface area contributed by atoms with Gasteiger partial charge in [0.2, 0.25) is 0 Å². The monoisotopic (exact) mass is 224 g/mol. The summed E-state index contributed by atoms with van der Waals surface area (Å²) < 4.78 is 5.96. The van der Waals surface area contributed by atoms with Crippen LogP contribution in [0.1, 0.15) is 12.5 Å². The van der Waals surface area contributed by atoms with E-state index in [1.54, 1.807) is 7.11 Å². The fourth-order valence-electron chi connectivity index (χ4n) is 2.04. The summed E-state index contributed by atoms with van der Waals surface area (Å²) in [4.78, 5) is 0. The molecule has 0 amide bonds. The Hall–Kier alpha value is -1.06. The lowest BCUT2D eigenvalue weighted by molar-refractivity contribution is -0.906. The third-order valence-corrected chi connectivity index (χ3v) is 2.50. The zero-order chi connectivity index (χ0) is 12.2. The highest BCUT2D eigenvalue weighted by molar-refractivity contribution is 5.27.